The Labute approximate surface area is 91.9 Å². The first kappa shape index (κ1) is 13.3. The van der Waals surface area contributed by atoms with Gasteiger partial charge in [-0.3, -0.25) is 9.78 Å². The number of alkyl halides is 5. The molecule has 1 aromatic heterocycles. The largest absolute Gasteiger partial charge is 0.481 e. The van der Waals surface area contributed by atoms with Crippen molar-refractivity contribution in [3.05, 3.63) is 29.1 Å². The van der Waals surface area contributed by atoms with Gasteiger partial charge in [0.2, 0.25) is 0 Å². The molecule has 0 aromatic carbocycles. The minimum absolute atomic E-state index is 0.257. The maximum absolute atomic E-state index is 12.4. The molecule has 1 heterocycles. The summed E-state index contributed by atoms with van der Waals surface area (Å²) in [5.74, 6) is -1.51. The second-order valence-corrected chi connectivity index (χ2v) is 3.14. The highest BCUT2D eigenvalue weighted by Crippen LogP contribution is 2.31. The minimum atomic E-state index is -4.75. The van der Waals surface area contributed by atoms with E-state index < -0.39 is 41.8 Å². The molecule has 0 aliphatic carbocycles. The van der Waals surface area contributed by atoms with Crippen molar-refractivity contribution in [3.63, 3.8) is 0 Å². The molecule has 94 valence electrons. The number of aliphatic carboxylic acids is 1. The Morgan fingerprint density at radius 3 is 2.41 bits per heavy atom. The number of hydrogen-bond acceptors (Lipinski definition) is 2. The van der Waals surface area contributed by atoms with Crippen LogP contribution in [0.5, 0.6) is 0 Å². The molecular weight excluding hydrogens is 249 g/mol. The van der Waals surface area contributed by atoms with E-state index in [-0.39, 0.29) is 6.20 Å². The Hall–Kier alpha value is -1.73. The summed E-state index contributed by atoms with van der Waals surface area (Å²) in [6, 6.07) is 0.378. The molecule has 0 amide bonds. The Balaban J connectivity index is 3.24. The summed E-state index contributed by atoms with van der Waals surface area (Å²) in [5.41, 5.74) is -2.83. The standard InChI is InChI=1S/C9H6F5NO2/c10-8(11)7-4(2-6(16)17)1-5(3-15-7)9(12,13)14/h1,3,8H,2H2,(H,16,17). The summed E-state index contributed by atoms with van der Waals surface area (Å²) >= 11 is 0. The number of carbonyl (C=O) groups is 1. The molecule has 1 N–H and O–H groups in total. The predicted molar refractivity (Wildman–Crippen MR) is 45.5 cm³/mol. The zero-order valence-electron chi connectivity index (χ0n) is 8.13. The summed E-state index contributed by atoms with van der Waals surface area (Å²) in [6.45, 7) is 0. The number of hydrogen-bond donors (Lipinski definition) is 1. The number of halogens is 5. The Bertz CT molecular complexity index is 430. The Kier molecular flexibility index (Phi) is 3.64. The van der Waals surface area contributed by atoms with Gasteiger partial charge in [0.25, 0.3) is 6.43 Å². The van der Waals surface area contributed by atoms with Gasteiger partial charge in [0, 0.05) is 6.20 Å². The van der Waals surface area contributed by atoms with Crippen molar-refractivity contribution < 1.29 is 31.9 Å². The molecule has 17 heavy (non-hydrogen) atoms. The predicted octanol–water partition coefficient (Wildman–Crippen LogP) is 2.67. The fraction of sp³-hybridized carbons (Fsp3) is 0.333. The van der Waals surface area contributed by atoms with Crippen LogP contribution in [-0.2, 0) is 17.4 Å². The molecule has 0 aliphatic heterocycles. The third kappa shape index (κ3) is 3.36. The van der Waals surface area contributed by atoms with Crippen molar-refractivity contribution in [2.75, 3.05) is 0 Å². The molecule has 0 fully saturated rings. The number of pyridine rings is 1. The highest BCUT2D eigenvalue weighted by Gasteiger charge is 2.32. The van der Waals surface area contributed by atoms with Crippen molar-refractivity contribution in [1.82, 2.24) is 4.98 Å². The number of carboxylic acid groups (broad SMARTS) is 1. The van der Waals surface area contributed by atoms with Crippen LogP contribution in [0.2, 0.25) is 0 Å². The number of nitrogens with zero attached hydrogens (tertiary/aromatic N) is 1. The molecule has 3 nitrogen and oxygen atoms in total. The normalized spacial score (nSPS) is 11.9. The lowest BCUT2D eigenvalue weighted by atomic mass is 10.1. The zero-order valence-corrected chi connectivity index (χ0v) is 8.13. The molecule has 0 spiro atoms. The summed E-state index contributed by atoms with van der Waals surface area (Å²) < 4.78 is 61.5. The van der Waals surface area contributed by atoms with Gasteiger partial charge in [0.05, 0.1) is 12.0 Å². The second kappa shape index (κ2) is 4.64. The van der Waals surface area contributed by atoms with Crippen LogP contribution in [0.3, 0.4) is 0 Å². The first-order valence-electron chi connectivity index (χ1n) is 4.27. The molecule has 0 unspecified atom stereocenters. The van der Waals surface area contributed by atoms with Crippen LogP contribution in [-0.4, -0.2) is 16.1 Å². The number of aromatic nitrogens is 1. The van der Waals surface area contributed by atoms with Crippen LogP contribution in [0.4, 0.5) is 22.0 Å². The highest BCUT2D eigenvalue weighted by molar-refractivity contribution is 5.70. The first-order valence-corrected chi connectivity index (χ1v) is 4.27. The summed E-state index contributed by atoms with van der Waals surface area (Å²) in [6.07, 6.45) is -8.55. The van der Waals surface area contributed by atoms with Crippen molar-refractivity contribution in [1.29, 1.82) is 0 Å². The molecule has 1 rings (SSSR count). The Morgan fingerprint density at radius 2 is 2.00 bits per heavy atom. The first-order chi connectivity index (χ1) is 7.71. The van der Waals surface area contributed by atoms with Crippen LogP contribution < -0.4 is 0 Å². The van der Waals surface area contributed by atoms with Gasteiger partial charge in [-0.05, 0) is 11.6 Å². The van der Waals surface area contributed by atoms with E-state index in [4.69, 9.17) is 5.11 Å². The van der Waals surface area contributed by atoms with Crippen LogP contribution in [0.15, 0.2) is 12.3 Å². The monoisotopic (exact) mass is 255 g/mol. The van der Waals surface area contributed by atoms with Crippen LogP contribution in [0.25, 0.3) is 0 Å². The Morgan fingerprint density at radius 1 is 1.41 bits per heavy atom. The van der Waals surface area contributed by atoms with E-state index in [1.165, 1.54) is 0 Å². The third-order valence-electron chi connectivity index (χ3n) is 1.88. The quantitative estimate of drug-likeness (QED) is 0.845. The minimum Gasteiger partial charge on any atom is -0.481 e. The van der Waals surface area contributed by atoms with E-state index in [0.717, 1.165) is 0 Å². The fourth-order valence-corrected chi connectivity index (χ4v) is 1.18. The van der Waals surface area contributed by atoms with E-state index in [2.05, 4.69) is 4.98 Å². The topological polar surface area (TPSA) is 50.2 Å². The highest BCUT2D eigenvalue weighted by atomic mass is 19.4. The van der Waals surface area contributed by atoms with Crippen molar-refractivity contribution in [2.24, 2.45) is 0 Å². The SMILES string of the molecule is O=C(O)Cc1cc(C(F)(F)F)cnc1C(F)F. The van der Waals surface area contributed by atoms with Gasteiger partial charge in [0.15, 0.2) is 0 Å². The molecule has 1 aromatic rings. The van der Waals surface area contributed by atoms with Gasteiger partial charge in [-0.15, -0.1) is 0 Å². The molecule has 8 heteroatoms. The van der Waals surface area contributed by atoms with Crippen molar-refractivity contribution in [2.45, 2.75) is 19.0 Å². The number of rotatable bonds is 3. The van der Waals surface area contributed by atoms with E-state index in [9.17, 15) is 26.7 Å². The lowest BCUT2D eigenvalue weighted by Crippen LogP contribution is -2.11. The molecule has 0 radical (unpaired) electrons. The van der Waals surface area contributed by atoms with Gasteiger partial charge in [-0.2, -0.15) is 13.2 Å². The van der Waals surface area contributed by atoms with Crippen molar-refractivity contribution in [3.8, 4) is 0 Å². The molecule has 0 bridgehead atoms. The summed E-state index contributed by atoms with van der Waals surface area (Å²) in [5, 5.41) is 8.41. The molecule has 0 saturated carbocycles. The summed E-state index contributed by atoms with van der Waals surface area (Å²) in [7, 11) is 0. The maximum Gasteiger partial charge on any atom is 0.417 e. The van der Waals surface area contributed by atoms with Gasteiger partial charge in [0.1, 0.15) is 5.69 Å². The van der Waals surface area contributed by atoms with E-state index in [0.29, 0.717) is 6.07 Å². The lowest BCUT2D eigenvalue weighted by Gasteiger charge is -2.10. The molecule has 0 aliphatic rings. The number of carboxylic acids is 1. The molecule has 0 saturated heterocycles. The zero-order chi connectivity index (χ0) is 13.2. The van der Waals surface area contributed by atoms with Crippen LogP contribution >= 0.6 is 0 Å². The summed E-state index contributed by atoms with van der Waals surface area (Å²) in [4.78, 5) is 13.3. The lowest BCUT2D eigenvalue weighted by molar-refractivity contribution is -0.139. The second-order valence-electron chi connectivity index (χ2n) is 3.14. The van der Waals surface area contributed by atoms with Gasteiger partial charge < -0.3 is 5.11 Å². The van der Waals surface area contributed by atoms with E-state index >= 15 is 0 Å². The van der Waals surface area contributed by atoms with E-state index in [1.54, 1.807) is 0 Å². The average Bonchev–Trinajstić information content (AvgIpc) is 2.14. The third-order valence-corrected chi connectivity index (χ3v) is 1.88. The van der Waals surface area contributed by atoms with Crippen molar-refractivity contribution >= 4 is 5.97 Å². The van der Waals surface area contributed by atoms with Crippen LogP contribution in [0.1, 0.15) is 23.2 Å². The van der Waals surface area contributed by atoms with Gasteiger partial charge in [-0.1, -0.05) is 0 Å². The molecular formula is C9H6F5NO2. The van der Waals surface area contributed by atoms with E-state index in [1.807, 2.05) is 0 Å². The van der Waals surface area contributed by atoms with Gasteiger partial charge >= 0.3 is 12.1 Å². The fourth-order valence-electron chi connectivity index (χ4n) is 1.18. The van der Waals surface area contributed by atoms with Crippen LogP contribution in [0, 0.1) is 0 Å². The average molecular weight is 255 g/mol. The maximum atomic E-state index is 12.4. The smallest absolute Gasteiger partial charge is 0.417 e. The van der Waals surface area contributed by atoms with Gasteiger partial charge in [-0.25, -0.2) is 8.78 Å². The molecule has 0 atom stereocenters.